The number of pyridine rings is 1. The molecule has 1 aromatic carbocycles. The normalized spacial score (nSPS) is 15.1. The van der Waals surface area contributed by atoms with E-state index in [9.17, 15) is 9.18 Å². The fourth-order valence-corrected chi connectivity index (χ4v) is 3.21. The lowest BCUT2D eigenvalue weighted by Crippen LogP contribution is -2.37. The first-order chi connectivity index (χ1) is 11.6. The fourth-order valence-electron chi connectivity index (χ4n) is 2.93. The molecule has 3 rings (SSSR count). The summed E-state index contributed by atoms with van der Waals surface area (Å²) in [6.45, 7) is 1.33. The average molecular weight is 344 g/mol. The van der Waals surface area contributed by atoms with Gasteiger partial charge in [0.15, 0.2) is 5.78 Å². The first-order valence-corrected chi connectivity index (χ1v) is 8.06. The number of benzene rings is 1. The quantitative estimate of drug-likeness (QED) is 0.794. The first kappa shape index (κ1) is 16.4. The zero-order valence-electron chi connectivity index (χ0n) is 12.9. The number of nitriles is 1. The predicted octanol–water partition coefficient (Wildman–Crippen LogP) is 3.85. The van der Waals surface area contributed by atoms with Crippen molar-refractivity contribution in [1.82, 2.24) is 4.98 Å². The Balaban J connectivity index is 1.66. The number of hydrogen-bond acceptors (Lipinski definition) is 4. The van der Waals surface area contributed by atoms with Crippen LogP contribution in [0.5, 0.6) is 0 Å². The number of rotatable bonds is 3. The summed E-state index contributed by atoms with van der Waals surface area (Å²) < 4.78 is 13.0. The molecule has 1 aliphatic heterocycles. The van der Waals surface area contributed by atoms with Crippen molar-refractivity contribution in [2.75, 3.05) is 18.0 Å². The Morgan fingerprint density at radius 2 is 1.96 bits per heavy atom. The smallest absolute Gasteiger partial charge is 0.166 e. The van der Waals surface area contributed by atoms with Gasteiger partial charge in [0, 0.05) is 30.8 Å². The summed E-state index contributed by atoms with van der Waals surface area (Å²) in [4.78, 5) is 18.8. The van der Waals surface area contributed by atoms with Crippen LogP contribution in [0.2, 0.25) is 5.02 Å². The zero-order valence-corrected chi connectivity index (χ0v) is 13.6. The minimum atomic E-state index is -0.345. The van der Waals surface area contributed by atoms with E-state index in [0.717, 1.165) is 0 Å². The number of aromatic nitrogens is 1. The molecule has 122 valence electrons. The van der Waals surface area contributed by atoms with Gasteiger partial charge in [0.2, 0.25) is 0 Å². The number of halogens is 2. The number of Topliss-reactive ketones (excluding diaryl/α,β-unsaturated/α-hetero) is 1. The molecule has 2 aromatic rings. The van der Waals surface area contributed by atoms with E-state index in [-0.39, 0.29) is 17.5 Å². The van der Waals surface area contributed by atoms with Crippen LogP contribution in [0.25, 0.3) is 0 Å². The predicted molar refractivity (Wildman–Crippen MR) is 89.6 cm³/mol. The van der Waals surface area contributed by atoms with Crippen LogP contribution in [0.4, 0.5) is 10.2 Å². The van der Waals surface area contributed by atoms with Gasteiger partial charge in [-0.2, -0.15) is 5.26 Å². The van der Waals surface area contributed by atoms with Crippen LogP contribution in [0.3, 0.4) is 0 Å². The van der Waals surface area contributed by atoms with Gasteiger partial charge in [-0.25, -0.2) is 9.37 Å². The van der Waals surface area contributed by atoms with Crippen molar-refractivity contribution in [3.8, 4) is 6.07 Å². The van der Waals surface area contributed by atoms with E-state index in [1.54, 1.807) is 6.07 Å². The summed E-state index contributed by atoms with van der Waals surface area (Å²) in [6, 6.07) is 9.28. The zero-order chi connectivity index (χ0) is 17.1. The number of anilines is 1. The summed E-state index contributed by atoms with van der Waals surface area (Å²) in [6.07, 6.45) is 2.87. The van der Waals surface area contributed by atoms with Crippen LogP contribution in [0, 0.1) is 23.1 Å². The maximum Gasteiger partial charge on any atom is 0.166 e. The summed E-state index contributed by atoms with van der Waals surface area (Å²) in [5.74, 6) is 0.267. The van der Waals surface area contributed by atoms with E-state index >= 15 is 0 Å². The molecule has 1 aliphatic rings. The molecule has 0 spiro atoms. The third kappa shape index (κ3) is 3.39. The fraction of sp³-hybridized carbons (Fsp3) is 0.278. The van der Waals surface area contributed by atoms with Crippen LogP contribution in [0.15, 0.2) is 36.5 Å². The maximum atomic E-state index is 13.0. The van der Waals surface area contributed by atoms with Crippen LogP contribution < -0.4 is 4.90 Å². The molecule has 4 nitrogen and oxygen atoms in total. The summed E-state index contributed by atoms with van der Waals surface area (Å²) >= 11 is 6.19. The van der Waals surface area contributed by atoms with Crippen molar-refractivity contribution in [1.29, 1.82) is 5.26 Å². The molecule has 0 unspecified atom stereocenters. The minimum Gasteiger partial charge on any atom is -0.355 e. The number of carbonyl (C=O) groups is 1. The molecular weight excluding hydrogens is 329 g/mol. The number of nitrogens with zero attached hydrogens (tertiary/aromatic N) is 3. The second-order valence-electron chi connectivity index (χ2n) is 5.77. The highest BCUT2D eigenvalue weighted by atomic mass is 35.5. The van der Waals surface area contributed by atoms with Gasteiger partial charge < -0.3 is 4.90 Å². The summed E-state index contributed by atoms with van der Waals surface area (Å²) in [5, 5.41) is 9.30. The van der Waals surface area contributed by atoms with Crippen molar-refractivity contribution in [2.24, 2.45) is 5.92 Å². The van der Waals surface area contributed by atoms with Gasteiger partial charge in [0.05, 0.1) is 10.6 Å². The Hall–Kier alpha value is -2.45. The van der Waals surface area contributed by atoms with Crippen LogP contribution in [0.1, 0.15) is 28.8 Å². The van der Waals surface area contributed by atoms with Gasteiger partial charge in [-0.15, -0.1) is 0 Å². The molecule has 1 fully saturated rings. The molecule has 2 heterocycles. The number of piperidine rings is 1. The monoisotopic (exact) mass is 343 g/mol. The Bertz CT molecular complexity index is 793. The summed E-state index contributed by atoms with van der Waals surface area (Å²) in [7, 11) is 0. The van der Waals surface area contributed by atoms with Crippen molar-refractivity contribution in [3.05, 3.63) is 58.5 Å². The molecule has 1 aromatic heterocycles. The maximum absolute atomic E-state index is 13.0. The van der Waals surface area contributed by atoms with Crippen molar-refractivity contribution >= 4 is 23.2 Å². The van der Waals surface area contributed by atoms with E-state index in [0.29, 0.717) is 47.9 Å². The van der Waals surface area contributed by atoms with Gasteiger partial charge in [0.1, 0.15) is 17.7 Å². The van der Waals surface area contributed by atoms with E-state index in [2.05, 4.69) is 4.98 Å². The topological polar surface area (TPSA) is 57.0 Å². The van der Waals surface area contributed by atoms with Gasteiger partial charge in [-0.3, -0.25) is 4.79 Å². The van der Waals surface area contributed by atoms with Gasteiger partial charge in [-0.1, -0.05) is 11.6 Å². The molecule has 24 heavy (non-hydrogen) atoms. The Morgan fingerprint density at radius 1 is 1.29 bits per heavy atom. The number of hydrogen-bond donors (Lipinski definition) is 0. The Labute approximate surface area is 144 Å². The standard InChI is InChI=1S/C18H15ClFN3O/c19-16-9-12(10-21)11-22-18(16)23-7-5-14(6-8-23)17(24)13-1-3-15(20)4-2-13/h1-4,9,11,14H,5-8H2. The molecule has 0 atom stereocenters. The van der Waals surface area contributed by atoms with Gasteiger partial charge in [0.25, 0.3) is 0 Å². The minimum absolute atomic E-state index is 0.0496. The second kappa shape index (κ2) is 6.98. The van der Waals surface area contributed by atoms with Crippen LogP contribution in [-0.2, 0) is 0 Å². The highest BCUT2D eigenvalue weighted by Gasteiger charge is 2.27. The lowest BCUT2D eigenvalue weighted by Gasteiger charge is -2.32. The molecule has 0 radical (unpaired) electrons. The van der Waals surface area contributed by atoms with Crippen molar-refractivity contribution < 1.29 is 9.18 Å². The number of carbonyl (C=O) groups excluding carboxylic acids is 1. The number of ketones is 1. The van der Waals surface area contributed by atoms with Crippen LogP contribution >= 0.6 is 11.6 Å². The van der Waals surface area contributed by atoms with Crippen molar-refractivity contribution in [2.45, 2.75) is 12.8 Å². The lowest BCUT2D eigenvalue weighted by atomic mass is 9.89. The molecule has 0 saturated carbocycles. The molecule has 1 saturated heterocycles. The molecule has 0 amide bonds. The van der Waals surface area contributed by atoms with Gasteiger partial charge >= 0.3 is 0 Å². The molecular formula is C18H15ClFN3O. The third-order valence-corrected chi connectivity index (χ3v) is 4.52. The van der Waals surface area contributed by atoms with Crippen LogP contribution in [-0.4, -0.2) is 23.9 Å². The van der Waals surface area contributed by atoms with E-state index in [1.807, 2.05) is 11.0 Å². The van der Waals surface area contributed by atoms with E-state index in [4.69, 9.17) is 16.9 Å². The Morgan fingerprint density at radius 3 is 2.54 bits per heavy atom. The largest absolute Gasteiger partial charge is 0.355 e. The first-order valence-electron chi connectivity index (χ1n) is 7.69. The van der Waals surface area contributed by atoms with E-state index < -0.39 is 0 Å². The molecule has 0 bridgehead atoms. The van der Waals surface area contributed by atoms with Crippen molar-refractivity contribution in [3.63, 3.8) is 0 Å². The lowest BCUT2D eigenvalue weighted by molar-refractivity contribution is 0.0900. The van der Waals surface area contributed by atoms with Gasteiger partial charge in [-0.05, 0) is 43.2 Å². The SMILES string of the molecule is N#Cc1cnc(N2CCC(C(=O)c3ccc(F)cc3)CC2)c(Cl)c1. The molecule has 6 heteroatoms. The highest BCUT2D eigenvalue weighted by molar-refractivity contribution is 6.33. The summed E-state index contributed by atoms with van der Waals surface area (Å²) in [5.41, 5.74) is 0.967. The second-order valence-corrected chi connectivity index (χ2v) is 6.18. The molecule has 0 aliphatic carbocycles. The molecule has 0 N–H and O–H groups in total. The van der Waals surface area contributed by atoms with E-state index in [1.165, 1.54) is 30.5 Å². The Kier molecular flexibility index (Phi) is 4.77. The average Bonchev–Trinajstić information content (AvgIpc) is 2.62. The third-order valence-electron chi connectivity index (χ3n) is 4.24. The highest BCUT2D eigenvalue weighted by Crippen LogP contribution is 2.29.